The first-order chi connectivity index (χ1) is 15.7. The zero-order valence-electron chi connectivity index (χ0n) is 17.9. The van der Waals surface area contributed by atoms with Crippen molar-refractivity contribution < 1.29 is 4.74 Å². The summed E-state index contributed by atoms with van der Waals surface area (Å²) >= 11 is 0. The Kier molecular flexibility index (Phi) is 5.91. The number of piperazine rings is 1. The molecule has 5 rings (SSSR count). The van der Waals surface area contributed by atoms with Crippen LogP contribution in [-0.4, -0.2) is 50.9 Å². The first-order valence-electron chi connectivity index (χ1n) is 10.9. The number of aromatic nitrogens is 3. The summed E-state index contributed by atoms with van der Waals surface area (Å²) in [5.41, 5.74) is 8.22. The van der Waals surface area contributed by atoms with Gasteiger partial charge in [0.2, 0.25) is 0 Å². The van der Waals surface area contributed by atoms with Crippen LogP contribution in [0.2, 0.25) is 0 Å². The maximum Gasteiger partial charge on any atom is 0.145 e. The molecule has 0 atom stereocenters. The Hall–Kier alpha value is -3.55. The van der Waals surface area contributed by atoms with Gasteiger partial charge < -0.3 is 10.5 Å². The molecule has 7 nitrogen and oxygen atoms in total. The number of hydrogen-bond acceptors (Lipinski definition) is 7. The number of ether oxygens (including phenoxy) is 1. The van der Waals surface area contributed by atoms with Crippen molar-refractivity contribution in [1.82, 2.24) is 24.8 Å². The second-order valence-electron chi connectivity index (χ2n) is 7.99. The van der Waals surface area contributed by atoms with Gasteiger partial charge in [-0.1, -0.05) is 30.3 Å². The van der Waals surface area contributed by atoms with Gasteiger partial charge in [0.15, 0.2) is 0 Å². The number of fused-ring (bicyclic) bond motifs is 1. The van der Waals surface area contributed by atoms with Crippen molar-refractivity contribution in [3.63, 3.8) is 0 Å². The van der Waals surface area contributed by atoms with Gasteiger partial charge in [-0.2, -0.15) is 0 Å². The summed E-state index contributed by atoms with van der Waals surface area (Å²) < 4.78 is 6.07. The van der Waals surface area contributed by atoms with Gasteiger partial charge in [-0.25, -0.2) is 9.97 Å². The van der Waals surface area contributed by atoms with Crippen molar-refractivity contribution in [2.45, 2.75) is 13.1 Å². The topological polar surface area (TPSA) is 80.4 Å². The average Bonchev–Trinajstić information content (AvgIpc) is 2.82. The van der Waals surface area contributed by atoms with E-state index in [0.717, 1.165) is 61.0 Å². The highest BCUT2D eigenvalue weighted by Gasteiger charge is 2.19. The van der Waals surface area contributed by atoms with Crippen molar-refractivity contribution >= 4 is 16.7 Å². The van der Waals surface area contributed by atoms with E-state index in [2.05, 4.69) is 31.9 Å². The van der Waals surface area contributed by atoms with Gasteiger partial charge in [0.25, 0.3) is 0 Å². The van der Waals surface area contributed by atoms with Crippen LogP contribution in [0.15, 0.2) is 73.1 Å². The molecular weight excluding hydrogens is 400 g/mol. The lowest BCUT2D eigenvalue weighted by atomic mass is 10.1. The van der Waals surface area contributed by atoms with Crippen LogP contribution < -0.4 is 10.5 Å². The van der Waals surface area contributed by atoms with Crippen molar-refractivity contribution in [3.8, 4) is 11.5 Å². The largest absolute Gasteiger partial charge is 0.455 e. The molecule has 32 heavy (non-hydrogen) atoms. The van der Waals surface area contributed by atoms with Crippen molar-refractivity contribution in [3.05, 3.63) is 84.4 Å². The molecule has 4 aromatic rings. The predicted octanol–water partition coefficient (Wildman–Crippen LogP) is 3.72. The van der Waals surface area contributed by atoms with Gasteiger partial charge in [-0.3, -0.25) is 14.8 Å². The van der Waals surface area contributed by atoms with Gasteiger partial charge in [-0.05, 0) is 30.3 Å². The molecule has 7 heteroatoms. The number of nitrogen functional groups attached to an aromatic ring is 1. The normalized spacial score (nSPS) is 15.1. The Morgan fingerprint density at radius 1 is 0.812 bits per heavy atom. The maximum absolute atomic E-state index is 6.15. The molecule has 1 aliphatic rings. The monoisotopic (exact) mass is 426 g/mol. The molecule has 2 N–H and O–H groups in total. The molecule has 1 aliphatic heterocycles. The fourth-order valence-corrected chi connectivity index (χ4v) is 4.04. The zero-order chi connectivity index (χ0) is 21.8. The molecule has 162 valence electrons. The Balaban J connectivity index is 1.20. The number of hydrogen-bond donors (Lipinski definition) is 1. The summed E-state index contributed by atoms with van der Waals surface area (Å²) in [6.45, 7) is 5.44. The Labute approximate surface area is 187 Å². The number of para-hydroxylation sites is 2. The van der Waals surface area contributed by atoms with E-state index in [-0.39, 0.29) is 0 Å². The van der Waals surface area contributed by atoms with Crippen LogP contribution in [-0.2, 0) is 13.1 Å². The van der Waals surface area contributed by atoms with E-state index in [1.165, 1.54) is 5.56 Å². The van der Waals surface area contributed by atoms with Crippen molar-refractivity contribution in [2.75, 3.05) is 31.9 Å². The van der Waals surface area contributed by atoms with Gasteiger partial charge in [-0.15, -0.1) is 0 Å². The highest BCUT2D eigenvalue weighted by Crippen LogP contribution is 2.26. The molecular formula is C25H26N6O. The third-order valence-electron chi connectivity index (χ3n) is 5.74. The highest BCUT2D eigenvalue weighted by atomic mass is 16.5. The molecule has 1 saturated heterocycles. The Morgan fingerprint density at radius 2 is 1.56 bits per heavy atom. The molecule has 0 aliphatic carbocycles. The van der Waals surface area contributed by atoms with E-state index in [0.29, 0.717) is 12.4 Å². The quantitative estimate of drug-likeness (QED) is 0.503. The molecule has 0 radical (unpaired) electrons. The van der Waals surface area contributed by atoms with Gasteiger partial charge in [0.1, 0.15) is 23.1 Å². The van der Waals surface area contributed by atoms with Gasteiger partial charge in [0, 0.05) is 49.9 Å². The molecule has 0 bridgehead atoms. The number of pyridine rings is 1. The second kappa shape index (κ2) is 9.30. The molecule has 1 fully saturated rings. The average molecular weight is 427 g/mol. The predicted molar refractivity (Wildman–Crippen MR) is 125 cm³/mol. The van der Waals surface area contributed by atoms with Crippen LogP contribution in [0.1, 0.15) is 11.4 Å². The minimum Gasteiger partial charge on any atom is -0.455 e. The first kappa shape index (κ1) is 20.4. The lowest BCUT2D eigenvalue weighted by molar-refractivity contribution is 0.119. The SMILES string of the molecule is Nc1nc(CN2CCN(Cc3ccccc3Oc3cccnc3)CC2)nc2ccccc12. The Bertz CT molecular complexity index is 1190. The summed E-state index contributed by atoms with van der Waals surface area (Å²) in [6, 6.07) is 19.9. The first-order valence-corrected chi connectivity index (χ1v) is 10.9. The van der Waals surface area contributed by atoms with E-state index >= 15 is 0 Å². The molecule has 2 aromatic carbocycles. The number of anilines is 1. The summed E-state index contributed by atoms with van der Waals surface area (Å²) in [7, 11) is 0. The van der Waals surface area contributed by atoms with E-state index in [9.17, 15) is 0 Å². The fourth-order valence-electron chi connectivity index (χ4n) is 4.04. The molecule has 0 unspecified atom stereocenters. The maximum atomic E-state index is 6.15. The number of rotatable bonds is 6. The number of benzene rings is 2. The van der Waals surface area contributed by atoms with Crippen molar-refractivity contribution in [1.29, 1.82) is 0 Å². The minimum absolute atomic E-state index is 0.550. The molecule has 0 spiro atoms. The molecule has 2 aromatic heterocycles. The van der Waals surface area contributed by atoms with E-state index in [4.69, 9.17) is 15.5 Å². The number of nitrogens with two attached hydrogens (primary N) is 1. The van der Waals surface area contributed by atoms with E-state index < -0.39 is 0 Å². The van der Waals surface area contributed by atoms with Gasteiger partial charge >= 0.3 is 0 Å². The lowest BCUT2D eigenvalue weighted by Crippen LogP contribution is -2.45. The smallest absolute Gasteiger partial charge is 0.145 e. The minimum atomic E-state index is 0.550. The fraction of sp³-hybridized carbons (Fsp3) is 0.240. The van der Waals surface area contributed by atoms with E-state index in [1.54, 1.807) is 12.4 Å². The van der Waals surface area contributed by atoms with Crippen LogP contribution >= 0.6 is 0 Å². The standard InChI is InChI=1S/C25H26N6O/c26-25-21-8-2-3-9-22(21)28-24(29-25)18-31-14-12-30(13-15-31)17-19-6-1-4-10-23(19)32-20-7-5-11-27-16-20/h1-11,16H,12-15,17-18H2,(H2,26,28,29). The summed E-state index contributed by atoms with van der Waals surface area (Å²) in [5.74, 6) is 2.96. The third-order valence-corrected chi connectivity index (χ3v) is 5.74. The van der Waals surface area contributed by atoms with Crippen LogP contribution in [0.5, 0.6) is 11.5 Å². The van der Waals surface area contributed by atoms with Crippen LogP contribution in [0.25, 0.3) is 10.9 Å². The molecule has 0 amide bonds. The summed E-state index contributed by atoms with van der Waals surface area (Å²) in [5, 5.41) is 0.910. The summed E-state index contributed by atoms with van der Waals surface area (Å²) in [6.07, 6.45) is 3.48. The van der Waals surface area contributed by atoms with Crippen LogP contribution in [0.4, 0.5) is 5.82 Å². The van der Waals surface area contributed by atoms with Crippen molar-refractivity contribution in [2.24, 2.45) is 0 Å². The summed E-state index contributed by atoms with van der Waals surface area (Å²) in [4.78, 5) is 18.2. The van der Waals surface area contributed by atoms with Crippen LogP contribution in [0, 0.1) is 0 Å². The highest BCUT2D eigenvalue weighted by molar-refractivity contribution is 5.87. The van der Waals surface area contributed by atoms with E-state index in [1.807, 2.05) is 48.5 Å². The second-order valence-corrected chi connectivity index (χ2v) is 7.99. The van der Waals surface area contributed by atoms with Gasteiger partial charge in [0.05, 0.1) is 18.3 Å². The van der Waals surface area contributed by atoms with Crippen LogP contribution in [0.3, 0.4) is 0 Å². The molecule has 0 saturated carbocycles. The Morgan fingerprint density at radius 3 is 2.38 bits per heavy atom. The third kappa shape index (κ3) is 4.69. The zero-order valence-corrected chi connectivity index (χ0v) is 17.9. The lowest BCUT2D eigenvalue weighted by Gasteiger charge is -2.34. The number of nitrogens with zero attached hydrogens (tertiary/aromatic N) is 5. The molecule has 3 heterocycles.